The molecule has 0 aliphatic rings. The topological polar surface area (TPSA) is 81.4 Å². The summed E-state index contributed by atoms with van der Waals surface area (Å²) in [6.07, 6.45) is 1.53. The lowest BCUT2D eigenvalue weighted by Crippen LogP contribution is -2.19. The lowest BCUT2D eigenvalue weighted by molar-refractivity contribution is 0.0945. The summed E-state index contributed by atoms with van der Waals surface area (Å²) in [4.78, 5) is 17.1. The highest BCUT2D eigenvalue weighted by molar-refractivity contribution is 5.92. The first-order chi connectivity index (χ1) is 14.7. The number of rotatable bonds is 6. The Morgan fingerprint density at radius 3 is 2.47 bits per heavy atom. The quantitative estimate of drug-likeness (QED) is 0.397. The summed E-state index contributed by atoms with van der Waals surface area (Å²) in [5.41, 5.74) is 4.94. The van der Waals surface area contributed by atoms with E-state index in [4.69, 9.17) is 4.74 Å². The van der Waals surface area contributed by atoms with Crippen molar-refractivity contribution in [1.82, 2.24) is 20.2 Å². The van der Waals surface area contributed by atoms with E-state index in [-0.39, 0.29) is 5.82 Å². The summed E-state index contributed by atoms with van der Waals surface area (Å²) in [6.45, 7) is 0. The van der Waals surface area contributed by atoms with Crippen LogP contribution in [0.5, 0.6) is 5.75 Å². The third-order valence-corrected chi connectivity index (χ3v) is 4.32. The Hall–Kier alpha value is -4.26. The predicted octanol–water partition coefficient (Wildman–Crippen LogP) is 3.71. The number of carbonyl (C=O) groups is 1. The van der Waals surface area contributed by atoms with E-state index >= 15 is 0 Å². The van der Waals surface area contributed by atoms with Crippen molar-refractivity contribution in [3.63, 3.8) is 0 Å². The largest absolute Gasteiger partial charge is 0.497 e. The van der Waals surface area contributed by atoms with Crippen LogP contribution in [0.1, 0.15) is 16.2 Å². The molecule has 0 radical (unpaired) electrons. The molecule has 0 fully saturated rings. The maximum Gasteiger partial charge on any atom is 0.311 e. The van der Waals surface area contributed by atoms with Crippen molar-refractivity contribution in [2.45, 2.75) is 0 Å². The fraction of sp³-hybridized carbons (Fsp3) is 0.0435. The van der Waals surface area contributed by atoms with Gasteiger partial charge in [0.15, 0.2) is 5.82 Å². The number of ether oxygens (including phenoxy) is 1. The number of amides is 1. The normalized spacial score (nSPS) is 10.8. The number of hydrazone groups is 1. The molecule has 7 nitrogen and oxygen atoms in total. The lowest BCUT2D eigenvalue weighted by atomic mass is 10.2. The van der Waals surface area contributed by atoms with Gasteiger partial charge in [-0.2, -0.15) is 5.10 Å². The van der Waals surface area contributed by atoms with Crippen LogP contribution in [0, 0.1) is 0 Å². The molecule has 0 atom stereocenters. The first-order valence-corrected chi connectivity index (χ1v) is 9.30. The van der Waals surface area contributed by atoms with Crippen LogP contribution in [0.25, 0.3) is 17.1 Å². The number of benzene rings is 3. The minimum absolute atomic E-state index is 0.0282. The number of hydrogen-bond donors (Lipinski definition) is 1. The van der Waals surface area contributed by atoms with Gasteiger partial charge < -0.3 is 4.74 Å². The Labute approximate surface area is 173 Å². The maximum atomic E-state index is 12.6. The Morgan fingerprint density at radius 1 is 1.00 bits per heavy atom. The lowest BCUT2D eigenvalue weighted by Gasteiger charge is -2.05. The molecule has 0 aliphatic carbocycles. The van der Waals surface area contributed by atoms with Gasteiger partial charge in [0.1, 0.15) is 5.75 Å². The highest BCUT2D eigenvalue weighted by atomic mass is 16.5. The molecule has 1 N–H and O–H groups in total. The fourth-order valence-electron chi connectivity index (χ4n) is 2.87. The molecule has 0 spiro atoms. The summed E-state index contributed by atoms with van der Waals surface area (Å²) in [6, 6.07) is 26.5. The molecular weight excluding hydrogens is 378 g/mol. The fourth-order valence-corrected chi connectivity index (χ4v) is 2.87. The second-order valence-electron chi connectivity index (χ2n) is 6.35. The van der Waals surface area contributed by atoms with Gasteiger partial charge in [-0.3, -0.25) is 4.79 Å². The predicted molar refractivity (Wildman–Crippen MR) is 115 cm³/mol. The Kier molecular flexibility index (Phi) is 5.61. The molecule has 148 valence electrons. The molecule has 3 aromatic carbocycles. The first-order valence-electron chi connectivity index (χ1n) is 9.30. The molecule has 0 unspecified atom stereocenters. The Balaban J connectivity index is 1.60. The molecule has 1 heterocycles. The number of para-hydroxylation sites is 1. The van der Waals surface area contributed by atoms with Gasteiger partial charge >= 0.3 is 5.91 Å². The molecular formula is C23H19N5O2. The SMILES string of the molecule is COc1cccc(C=NNC(=O)c2nc(-c3ccccc3)n(-c3ccccc3)n2)c1. The van der Waals surface area contributed by atoms with Gasteiger partial charge in [-0.25, -0.2) is 15.1 Å². The number of nitrogens with one attached hydrogen (secondary N) is 1. The van der Waals surface area contributed by atoms with Crippen LogP contribution >= 0.6 is 0 Å². The standard InChI is InChI=1S/C23H19N5O2/c1-30-20-14-8-9-17(15-20)16-24-26-23(29)21-25-22(18-10-4-2-5-11-18)28(27-21)19-12-6-3-7-13-19/h2-16H,1H3,(H,26,29). The van der Waals surface area contributed by atoms with Crippen molar-refractivity contribution in [2.75, 3.05) is 7.11 Å². The Morgan fingerprint density at radius 2 is 1.73 bits per heavy atom. The first kappa shape index (κ1) is 19.1. The zero-order valence-electron chi connectivity index (χ0n) is 16.3. The summed E-state index contributed by atoms with van der Waals surface area (Å²) in [7, 11) is 1.59. The molecule has 0 aliphatic heterocycles. The van der Waals surface area contributed by atoms with E-state index in [1.165, 1.54) is 6.21 Å². The number of carbonyl (C=O) groups excluding carboxylic acids is 1. The van der Waals surface area contributed by atoms with Crippen molar-refractivity contribution >= 4 is 12.1 Å². The number of nitrogens with zero attached hydrogens (tertiary/aromatic N) is 4. The van der Waals surface area contributed by atoms with Crippen molar-refractivity contribution < 1.29 is 9.53 Å². The van der Waals surface area contributed by atoms with Gasteiger partial charge in [0.05, 0.1) is 19.0 Å². The highest BCUT2D eigenvalue weighted by Crippen LogP contribution is 2.21. The van der Waals surface area contributed by atoms with Crippen molar-refractivity contribution in [3.8, 4) is 22.8 Å². The zero-order valence-corrected chi connectivity index (χ0v) is 16.3. The molecule has 30 heavy (non-hydrogen) atoms. The van der Waals surface area contributed by atoms with Crippen LogP contribution in [0.4, 0.5) is 0 Å². The van der Waals surface area contributed by atoms with E-state index in [1.54, 1.807) is 11.8 Å². The second-order valence-corrected chi connectivity index (χ2v) is 6.35. The summed E-state index contributed by atoms with van der Waals surface area (Å²) in [5, 5.41) is 8.42. The molecule has 1 aromatic heterocycles. The monoisotopic (exact) mass is 397 g/mol. The van der Waals surface area contributed by atoms with Crippen LogP contribution < -0.4 is 10.2 Å². The minimum atomic E-state index is -0.499. The molecule has 0 saturated carbocycles. The second kappa shape index (κ2) is 8.83. The van der Waals surface area contributed by atoms with E-state index in [2.05, 4.69) is 20.6 Å². The molecule has 0 saturated heterocycles. The van der Waals surface area contributed by atoms with E-state index in [0.717, 1.165) is 16.8 Å². The molecule has 7 heteroatoms. The van der Waals surface area contributed by atoms with E-state index in [0.29, 0.717) is 11.6 Å². The average Bonchev–Trinajstić information content (AvgIpc) is 3.26. The number of aromatic nitrogens is 3. The van der Waals surface area contributed by atoms with Gasteiger partial charge in [0, 0.05) is 5.56 Å². The van der Waals surface area contributed by atoms with Gasteiger partial charge in [-0.05, 0) is 29.8 Å². The van der Waals surface area contributed by atoms with E-state index in [9.17, 15) is 4.79 Å². The smallest absolute Gasteiger partial charge is 0.311 e. The Bertz CT molecular complexity index is 1110. The molecule has 0 bridgehead atoms. The molecule has 1 amide bonds. The number of hydrogen-bond acceptors (Lipinski definition) is 5. The number of methoxy groups -OCH3 is 1. The van der Waals surface area contributed by atoms with Crippen LogP contribution in [0.15, 0.2) is 90.0 Å². The summed E-state index contributed by atoms with van der Waals surface area (Å²) >= 11 is 0. The summed E-state index contributed by atoms with van der Waals surface area (Å²) < 4.78 is 6.83. The maximum absolute atomic E-state index is 12.6. The zero-order chi connectivity index (χ0) is 20.8. The van der Waals surface area contributed by atoms with Crippen LogP contribution in [-0.4, -0.2) is 34.0 Å². The van der Waals surface area contributed by atoms with Crippen LogP contribution in [0.3, 0.4) is 0 Å². The molecule has 4 rings (SSSR count). The van der Waals surface area contributed by atoms with Crippen molar-refractivity contribution in [2.24, 2.45) is 5.10 Å². The third-order valence-electron chi connectivity index (χ3n) is 4.32. The van der Waals surface area contributed by atoms with Gasteiger partial charge in [0.25, 0.3) is 0 Å². The minimum Gasteiger partial charge on any atom is -0.497 e. The summed E-state index contributed by atoms with van der Waals surface area (Å²) in [5.74, 6) is 0.811. The molecule has 4 aromatic rings. The van der Waals surface area contributed by atoms with Crippen molar-refractivity contribution in [1.29, 1.82) is 0 Å². The highest BCUT2D eigenvalue weighted by Gasteiger charge is 2.18. The average molecular weight is 397 g/mol. The van der Waals surface area contributed by atoms with Crippen molar-refractivity contribution in [3.05, 3.63) is 96.3 Å². The van der Waals surface area contributed by atoms with Gasteiger partial charge in [-0.15, -0.1) is 5.10 Å². The van der Waals surface area contributed by atoms with E-state index in [1.807, 2.05) is 84.9 Å². The third kappa shape index (κ3) is 4.25. The van der Waals surface area contributed by atoms with E-state index < -0.39 is 5.91 Å². The van der Waals surface area contributed by atoms with Gasteiger partial charge in [0.2, 0.25) is 5.82 Å². The van der Waals surface area contributed by atoms with Crippen LogP contribution in [0.2, 0.25) is 0 Å². The van der Waals surface area contributed by atoms with Gasteiger partial charge in [-0.1, -0.05) is 60.7 Å². The van der Waals surface area contributed by atoms with Crippen LogP contribution in [-0.2, 0) is 0 Å².